The van der Waals surface area contributed by atoms with Gasteiger partial charge in [0, 0.05) is 51.9 Å². The molecule has 0 aromatic rings. The molecule has 0 aromatic heterocycles. The number of carbonyl (C=O) groups is 1. The van der Waals surface area contributed by atoms with Gasteiger partial charge in [-0.25, -0.2) is 0 Å². The predicted molar refractivity (Wildman–Crippen MR) is 76.9 cm³/mol. The Balaban J connectivity index is 1.71. The highest BCUT2D eigenvalue weighted by Gasteiger charge is 2.23. The number of piperidine rings is 1. The zero-order valence-corrected chi connectivity index (χ0v) is 11.8. The van der Waals surface area contributed by atoms with E-state index < -0.39 is 0 Å². The molecule has 0 aromatic carbocycles. The molecule has 5 heteroatoms. The number of hydrogen-bond acceptors (Lipinski definition) is 4. The van der Waals surface area contributed by atoms with E-state index in [-0.39, 0.29) is 5.91 Å². The molecule has 0 saturated carbocycles. The van der Waals surface area contributed by atoms with E-state index in [2.05, 4.69) is 16.4 Å². The van der Waals surface area contributed by atoms with Gasteiger partial charge in [0.2, 0.25) is 5.91 Å². The fourth-order valence-electron chi connectivity index (χ4n) is 2.76. The number of likely N-dealkylation sites (tertiary alicyclic amines) is 1. The van der Waals surface area contributed by atoms with Crippen molar-refractivity contribution in [1.82, 2.24) is 14.7 Å². The largest absolute Gasteiger partial charge is 0.339 e. The van der Waals surface area contributed by atoms with Crippen LogP contribution in [0.15, 0.2) is 12.7 Å². The number of amides is 1. The van der Waals surface area contributed by atoms with Gasteiger partial charge in [0.15, 0.2) is 0 Å². The van der Waals surface area contributed by atoms with Gasteiger partial charge in [-0.15, -0.1) is 6.58 Å². The van der Waals surface area contributed by atoms with Crippen molar-refractivity contribution in [2.75, 3.05) is 52.4 Å². The first kappa shape index (κ1) is 14.5. The summed E-state index contributed by atoms with van der Waals surface area (Å²) in [6.07, 6.45) is 3.95. The summed E-state index contributed by atoms with van der Waals surface area (Å²) in [5, 5.41) is 0. The molecule has 108 valence electrons. The first-order valence-electron chi connectivity index (χ1n) is 7.28. The lowest BCUT2D eigenvalue weighted by molar-refractivity contribution is -0.134. The van der Waals surface area contributed by atoms with Gasteiger partial charge >= 0.3 is 0 Å². The minimum absolute atomic E-state index is 0.272. The lowest BCUT2D eigenvalue weighted by atomic mass is 10.1. The van der Waals surface area contributed by atoms with Gasteiger partial charge in [0.1, 0.15) is 0 Å². The third-order valence-electron chi connectivity index (χ3n) is 4.10. The van der Waals surface area contributed by atoms with E-state index in [0.29, 0.717) is 12.6 Å². The molecule has 0 unspecified atom stereocenters. The van der Waals surface area contributed by atoms with Gasteiger partial charge in [0.25, 0.3) is 0 Å². The Morgan fingerprint density at radius 1 is 1.11 bits per heavy atom. The zero-order chi connectivity index (χ0) is 13.7. The molecule has 1 amide bonds. The summed E-state index contributed by atoms with van der Waals surface area (Å²) >= 11 is 0. The van der Waals surface area contributed by atoms with Gasteiger partial charge in [-0.2, -0.15) is 0 Å². The summed E-state index contributed by atoms with van der Waals surface area (Å²) in [5.74, 6) is 0.272. The number of hydrogen-bond donors (Lipinski definition) is 1. The Morgan fingerprint density at radius 3 is 2.32 bits per heavy atom. The predicted octanol–water partition coefficient (Wildman–Crippen LogP) is -0.260. The van der Waals surface area contributed by atoms with E-state index in [1.807, 2.05) is 11.0 Å². The highest BCUT2D eigenvalue weighted by Crippen LogP contribution is 2.09. The monoisotopic (exact) mass is 266 g/mol. The normalized spacial score (nSPS) is 23.5. The van der Waals surface area contributed by atoms with Crippen molar-refractivity contribution >= 4 is 5.91 Å². The summed E-state index contributed by atoms with van der Waals surface area (Å²) in [5.41, 5.74) is 5.88. The third-order valence-corrected chi connectivity index (χ3v) is 4.10. The molecular weight excluding hydrogens is 240 g/mol. The molecule has 2 fully saturated rings. The minimum Gasteiger partial charge on any atom is -0.339 e. The maximum atomic E-state index is 12.2. The number of carbonyl (C=O) groups excluding carboxylic acids is 1. The second-order valence-electron chi connectivity index (χ2n) is 5.58. The molecule has 0 radical (unpaired) electrons. The van der Waals surface area contributed by atoms with E-state index in [1.165, 1.54) is 0 Å². The molecule has 0 atom stereocenters. The highest BCUT2D eigenvalue weighted by molar-refractivity contribution is 5.78. The molecule has 19 heavy (non-hydrogen) atoms. The van der Waals surface area contributed by atoms with Crippen LogP contribution in [0.1, 0.15) is 12.8 Å². The average Bonchev–Trinajstić information content (AvgIpc) is 2.42. The fourth-order valence-corrected chi connectivity index (χ4v) is 2.76. The number of nitrogens with two attached hydrogens (primary N) is 1. The van der Waals surface area contributed by atoms with Crippen molar-refractivity contribution in [1.29, 1.82) is 0 Å². The van der Waals surface area contributed by atoms with Crippen LogP contribution in [0, 0.1) is 0 Å². The molecule has 2 saturated heterocycles. The Kier molecular flexibility index (Phi) is 5.36. The van der Waals surface area contributed by atoms with E-state index in [1.54, 1.807) is 0 Å². The Labute approximate surface area is 116 Å². The van der Waals surface area contributed by atoms with Crippen LogP contribution in [-0.4, -0.2) is 79.0 Å². The molecule has 2 N–H and O–H groups in total. The Morgan fingerprint density at radius 2 is 1.74 bits per heavy atom. The van der Waals surface area contributed by atoms with Gasteiger partial charge in [0.05, 0.1) is 6.54 Å². The van der Waals surface area contributed by atoms with Crippen molar-refractivity contribution in [3.05, 3.63) is 12.7 Å². The van der Waals surface area contributed by atoms with Crippen molar-refractivity contribution < 1.29 is 4.79 Å². The fraction of sp³-hybridized carbons (Fsp3) is 0.786. The van der Waals surface area contributed by atoms with Gasteiger partial charge in [-0.3, -0.25) is 14.6 Å². The number of nitrogens with zero attached hydrogens (tertiary/aromatic N) is 3. The maximum absolute atomic E-state index is 12.2. The van der Waals surface area contributed by atoms with E-state index in [9.17, 15) is 4.79 Å². The Hall–Kier alpha value is -0.910. The standard InChI is InChI=1S/C14H26N4O/c1-2-5-16-8-10-18(11-9-16)14(19)12-17-6-3-13(15)4-7-17/h2,13H,1,3-12,15H2. The van der Waals surface area contributed by atoms with Crippen LogP contribution >= 0.6 is 0 Å². The lowest BCUT2D eigenvalue weighted by Gasteiger charge is -2.36. The molecule has 0 aliphatic carbocycles. The summed E-state index contributed by atoms with van der Waals surface area (Å²) < 4.78 is 0. The quantitative estimate of drug-likeness (QED) is 0.712. The van der Waals surface area contributed by atoms with E-state index >= 15 is 0 Å². The molecular formula is C14H26N4O. The molecule has 2 aliphatic heterocycles. The van der Waals surface area contributed by atoms with Gasteiger partial charge in [-0.05, 0) is 12.8 Å². The molecule has 2 aliphatic rings. The van der Waals surface area contributed by atoms with Crippen LogP contribution in [0.4, 0.5) is 0 Å². The van der Waals surface area contributed by atoms with Gasteiger partial charge < -0.3 is 10.6 Å². The average molecular weight is 266 g/mol. The van der Waals surface area contributed by atoms with Crippen LogP contribution in [-0.2, 0) is 4.79 Å². The van der Waals surface area contributed by atoms with E-state index in [0.717, 1.165) is 58.7 Å². The summed E-state index contributed by atoms with van der Waals surface area (Å²) in [6.45, 7) is 10.8. The smallest absolute Gasteiger partial charge is 0.236 e. The number of rotatable bonds is 4. The SMILES string of the molecule is C=CCN1CCN(C(=O)CN2CCC(N)CC2)CC1. The first-order chi connectivity index (χ1) is 9.19. The van der Waals surface area contributed by atoms with Crippen molar-refractivity contribution in [2.24, 2.45) is 5.73 Å². The van der Waals surface area contributed by atoms with Crippen LogP contribution in [0.5, 0.6) is 0 Å². The summed E-state index contributed by atoms with van der Waals surface area (Å²) in [7, 11) is 0. The van der Waals surface area contributed by atoms with Gasteiger partial charge in [-0.1, -0.05) is 6.08 Å². The molecule has 5 nitrogen and oxygen atoms in total. The molecule has 0 bridgehead atoms. The van der Waals surface area contributed by atoms with Crippen LogP contribution in [0.2, 0.25) is 0 Å². The molecule has 2 rings (SSSR count). The lowest BCUT2D eigenvalue weighted by Crippen LogP contribution is -2.52. The van der Waals surface area contributed by atoms with Crippen LogP contribution < -0.4 is 5.73 Å². The second-order valence-corrected chi connectivity index (χ2v) is 5.58. The summed E-state index contributed by atoms with van der Waals surface area (Å²) in [4.78, 5) is 18.8. The van der Waals surface area contributed by atoms with Crippen LogP contribution in [0.25, 0.3) is 0 Å². The third kappa shape index (κ3) is 4.30. The van der Waals surface area contributed by atoms with E-state index in [4.69, 9.17) is 5.73 Å². The number of piperazine rings is 1. The van der Waals surface area contributed by atoms with Crippen LogP contribution in [0.3, 0.4) is 0 Å². The highest BCUT2D eigenvalue weighted by atomic mass is 16.2. The van der Waals surface area contributed by atoms with Crippen molar-refractivity contribution in [3.8, 4) is 0 Å². The Bertz CT molecular complexity index is 305. The topological polar surface area (TPSA) is 52.8 Å². The van der Waals surface area contributed by atoms with Crippen molar-refractivity contribution in [2.45, 2.75) is 18.9 Å². The second kappa shape index (κ2) is 7.03. The minimum atomic E-state index is 0.272. The maximum Gasteiger partial charge on any atom is 0.236 e. The first-order valence-corrected chi connectivity index (χ1v) is 7.28. The summed E-state index contributed by atoms with van der Waals surface area (Å²) in [6, 6.07) is 0.328. The zero-order valence-electron chi connectivity index (χ0n) is 11.8. The van der Waals surface area contributed by atoms with Crippen molar-refractivity contribution in [3.63, 3.8) is 0 Å². The molecule has 2 heterocycles. The molecule has 0 spiro atoms.